The van der Waals surface area contributed by atoms with Gasteiger partial charge in [0.05, 0.1) is 14.3 Å². The number of allylic oxidation sites excluding steroid dienone is 3. The number of rotatable bonds is 1. The predicted molar refractivity (Wildman–Crippen MR) is 136 cm³/mol. The molecule has 3 nitrogen and oxygen atoms in total. The van der Waals surface area contributed by atoms with Crippen molar-refractivity contribution in [3.8, 4) is 0 Å². The Morgan fingerprint density at radius 1 is 1.06 bits per heavy atom. The van der Waals surface area contributed by atoms with Crippen molar-refractivity contribution in [3.63, 3.8) is 0 Å². The fourth-order valence-electron chi connectivity index (χ4n) is 7.90. The molecule has 1 aromatic carbocycles. The largest absolute Gasteiger partial charge is 0.388 e. The van der Waals surface area contributed by atoms with E-state index in [1.54, 1.807) is 55.5 Å². The van der Waals surface area contributed by atoms with Gasteiger partial charge in [-0.3, -0.25) is 4.58 Å². The molecule has 7 rings (SSSR count). The summed E-state index contributed by atoms with van der Waals surface area (Å²) in [6, 6.07) is 4.20. The molecule has 32 heavy (non-hydrogen) atoms. The van der Waals surface area contributed by atoms with Gasteiger partial charge >= 0.3 is 0 Å². The lowest BCUT2D eigenvalue weighted by Crippen LogP contribution is -2.55. The second-order valence-corrected chi connectivity index (χ2v) is 15.3. The first-order valence-electron chi connectivity index (χ1n) is 12.9. The van der Waals surface area contributed by atoms with Gasteiger partial charge in [-0.15, -0.1) is 11.3 Å². The van der Waals surface area contributed by atoms with Gasteiger partial charge in [0, 0.05) is 37.9 Å². The molecule has 1 saturated heterocycles. The third-order valence-electron chi connectivity index (χ3n) is 8.92. The zero-order valence-corrected chi connectivity index (χ0v) is 20.9. The number of nitrogens with zero attached hydrogens (tertiary/aromatic N) is 2. The van der Waals surface area contributed by atoms with Crippen molar-refractivity contribution in [1.29, 1.82) is 0 Å². The standard InChI is InChI=1S/C28H35N3Si/c1-29-24-22-16-18-8-4-12-30-14-6-10-20(25(18)30)27(22)32(2,3)28-21-11-7-15-31-13-5-9-19(26(21)31)17-23(24)28/h12,16-17,29H,4-11,13-15H2,1-3H3. The van der Waals surface area contributed by atoms with Crippen molar-refractivity contribution in [2.24, 2.45) is 0 Å². The summed E-state index contributed by atoms with van der Waals surface area (Å²) in [7, 11) is 0.299. The van der Waals surface area contributed by atoms with Crippen molar-refractivity contribution in [3.05, 3.63) is 56.8 Å². The lowest BCUT2D eigenvalue weighted by atomic mass is 9.79. The van der Waals surface area contributed by atoms with Crippen molar-refractivity contribution in [1.82, 2.24) is 5.32 Å². The number of aryl methyl sites for hydroxylation is 1. The number of nitrogens with one attached hydrogen (secondary N) is 1. The second kappa shape index (κ2) is 6.66. The molecule has 0 amide bonds. The zero-order valence-electron chi connectivity index (χ0n) is 19.9. The highest BCUT2D eigenvalue weighted by Crippen LogP contribution is 2.51. The highest BCUT2D eigenvalue weighted by Gasteiger charge is 2.45. The van der Waals surface area contributed by atoms with Gasteiger partial charge in [0.1, 0.15) is 12.6 Å². The minimum absolute atomic E-state index is 1.19. The van der Waals surface area contributed by atoms with Crippen LogP contribution >= 0.6 is 0 Å². The third kappa shape index (κ3) is 2.37. The van der Waals surface area contributed by atoms with Crippen molar-refractivity contribution >= 4 is 30.9 Å². The van der Waals surface area contributed by atoms with Crippen LogP contribution in [0.1, 0.15) is 55.2 Å². The first-order valence-corrected chi connectivity index (χ1v) is 15.9. The molecule has 0 unspecified atom stereocenters. The van der Waals surface area contributed by atoms with E-state index in [2.05, 4.69) is 53.3 Å². The molecule has 1 aliphatic carbocycles. The maximum atomic E-state index is 3.73. The average Bonchev–Trinajstić information content (AvgIpc) is 2.79. The number of piperidine rings is 1. The van der Waals surface area contributed by atoms with Crippen LogP contribution in [-0.4, -0.2) is 45.5 Å². The summed E-state index contributed by atoms with van der Waals surface area (Å²) in [5.41, 5.74) is 12.8. The zero-order chi connectivity index (χ0) is 21.6. The van der Waals surface area contributed by atoms with Gasteiger partial charge in [-0.1, -0.05) is 35.0 Å². The highest BCUT2D eigenvalue weighted by molar-refractivity contribution is 6.98. The Labute approximate surface area is 193 Å². The summed E-state index contributed by atoms with van der Waals surface area (Å²) < 4.78 is 2.61. The molecule has 1 fully saturated rings. The van der Waals surface area contributed by atoms with E-state index in [-0.39, 0.29) is 0 Å². The average molecular weight is 442 g/mol. The predicted octanol–water partition coefficient (Wildman–Crippen LogP) is 4.22. The molecule has 0 saturated carbocycles. The molecule has 6 aliphatic rings. The van der Waals surface area contributed by atoms with Crippen LogP contribution in [0, 0.1) is 6.04 Å². The summed E-state index contributed by atoms with van der Waals surface area (Å²) in [6.45, 7) is 9.03. The summed E-state index contributed by atoms with van der Waals surface area (Å²) in [5.74, 6) is 0. The van der Waals surface area contributed by atoms with Gasteiger partial charge in [-0.2, -0.15) is 0 Å². The molecule has 166 valence electrons. The first kappa shape index (κ1) is 19.3. The van der Waals surface area contributed by atoms with Crippen LogP contribution in [0.25, 0.3) is 5.70 Å². The molecule has 0 aromatic heterocycles. The van der Waals surface area contributed by atoms with Crippen molar-refractivity contribution in [2.75, 3.05) is 31.6 Å². The molecular weight excluding hydrogens is 406 g/mol. The van der Waals surface area contributed by atoms with E-state index in [0.29, 0.717) is 0 Å². The van der Waals surface area contributed by atoms with E-state index in [1.807, 2.05) is 0 Å². The normalized spacial score (nSPS) is 24.8. The van der Waals surface area contributed by atoms with Crippen molar-refractivity contribution < 1.29 is 4.58 Å². The fourth-order valence-corrected chi connectivity index (χ4v) is 11.9. The molecular formula is C28H35N3Si. The number of hydrogen-bond donors (Lipinski definition) is 1. The molecule has 1 N–H and O–H groups in total. The van der Waals surface area contributed by atoms with E-state index in [0.717, 1.165) is 0 Å². The number of anilines is 1. The molecule has 0 radical (unpaired) electrons. The van der Waals surface area contributed by atoms with Crippen LogP contribution in [0.3, 0.4) is 0 Å². The molecule has 0 atom stereocenters. The second-order valence-electron chi connectivity index (χ2n) is 11.0. The first-order chi connectivity index (χ1) is 15.6. The maximum Gasteiger partial charge on any atom is 0.131 e. The number of fused-ring (bicyclic) bond motifs is 3. The van der Waals surface area contributed by atoms with Crippen LogP contribution in [0.2, 0.25) is 13.1 Å². The Hall–Kier alpha value is -2.20. The van der Waals surface area contributed by atoms with Crippen molar-refractivity contribution in [2.45, 2.75) is 64.5 Å². The van der Waals surface area contributed by atoms with Crippen LogP contribution in [0.15, 0.2) is 34.1 Å². The highest BCUT2D eigenvalue weighted by atomic mass is 28.3. The molecule has 0 spiro atoms. The van der Waals surface area contributed by atoms with Gasteiger partial charge in [-0.25, -0.2) is 0 Å². The topological polar surface area (TPSA) is 18.3 Å². The summed E-state index contributed by atoms with van der Waals surface area (Å²) in [4.78, 5) is 2.73. The van der Waals surface area contributed by atoms with Crippen LogP contribution < -0.4 is 15.4 Å². The third-order valence-corrected chi connectivity index (χ3v) is 12.6. The Balaban J connectivity index is 1.57. The Morgan fingerprint density at radius 2 is 1.91 bits per heavy atom. The monoisotopic (exact) mass is 441 g/mol. The van der Waals surface area contributed by atoms with E-state index >= 15 is 0 Å². The van der Waals surface area contributed by atoms with Gasteiger partial charge in [0.25, 0.3) is 0 Å². The minimum Gasteiger partial charge on any atom is -0.388 e. The van der Waals surface area contributed by atoms with E-state index < -0.39 is 8.07 Å². The number of benzene rings is 1. The number of hydrogen-bond acceptors (Lipinski definition) is 2. The smallest absolute Gasteiger partial charge is 0.131 e. The van der Waals surface area contributed by atoms with Crippen LogP contribution in [0.4, 0.5) is 5.69 Å². The lowest BCUT2D eigenvalue weighted by molar-refractivity contribution is -0.508. The molecule has 0 bridgehead atoms. The molecule has 5 heterocycles. The van der Waals surface area contributed by atoms with Crippen LogP contribution in [0.5, 0.6) is 0 Å². The SMILES string of the molecule is CNC1=C2C=C3CCC=[N+]4CCCC(=C2[Si](C)(C)c2c1cc1c5c2CCCN5CCC1)[C-]34. The van der Waals surface area contributed by atoms with Crippen LogP contribution in [-0.2, 0) is 12.8 Å². The summed E-state index contributed by atoms with van der Waals surface area (Å²) in [6.07, 6.45) is 15.1. The lowest BCUT2D eigenvalue weighted by Gasteiger charge is -2.50. The van der Waals surface area contributed by atoms with Gasteiger partial charge < -0.3 is 10.2 Å². The van der Waals surface area contributed by atoms with Gasteiger partial charge in [0.2, 0.25) is 0 Å². The molecule has 4 heteroatoms. The quantitative estimate of drug-likeness (QED) is 0.399. The van der Waals surface area contributed by atoms with E-state index in [4.69, 9.17) is 0 Å². The summed E-state index contributed by atoms with van der Waals surface area (Å²) in [5, 5.41) is 7.24. The fraction of sp³-hybridized carbons (Fsp3) is 0.500. The Morgan fingerprint density at radius 3 is 2.75 bits per heavy atom. The van der Waals surface area contributed by atoms with Gasteiger partial charge in [0.15, 0.2) is 0 Å². The van der Waals surface area contributed by atoms with Gasteiger partial charge in [-0.05, 0) is 67.7 Å². The maximum absolute atomic E-state index is 3.73. The van der Waals surface area contributed by atoms with E-state index in [9.17, 15) is 0 Å². The Kier molecular flexibility index (Phi) is 4.01. The minimum atomic E-state index is -1.86. The Bertz CT molecular complexity index is 1180. The molecule has 5 aliphatic heterocycles. The summed E-state index contributed by atoms with van der Waals surface area (Å²) >= 11 is 0. The molecule has 1 aromatic rings. The van der Waals surface area contributed by atoms with E-state index in [1.165, 1.54) is 76.7 Å².